The molecule has 3 amide bonds. The predicted molar refractivity (Wildman–Crippen MR) is 93.6 cm³/mol. The molecule has 1 saturated carbocycles. The van der Waals surface area contributed by atoms with Crippen molar-refractivity contribution in [3.63, 3.8) is 0 Å². The molecular weight excluding hydrogens is 352 g/mol. The number of ether oxygens (including phenoxy) is 1. The Bertz CT molecular complexity index is 759. The first-order valence-electron chi connectivity index (χ1n) is 8.82. The van der Waals surface area contributed by atoms with E-state index < -0.39 is 36.0 Å². The fourth-order valence-electron chi connectivity index (χ4n) is 2.68. The van der Waals surface area contributed by atoms with Crippen LogP contribution in [0.5, 0.6) is 0 Å². The molecule has 1 aliphatic heterocycles. The molecular formula is C19H22N2O6. The summed E-state index contributed by atoms with van der Waals surface area (Å²) < 4.78 is 5.32. The molecule has 0 bridgehead atoms. The van der Waals surface area contributed by atoms with Crippen molar-refractivity contribution in [3.8, 4) is 0 Å². The van der Waals surface area contributed by atoms with Gasteiger partial charge in [-0.25, -0.2) is 9.59 Å². The Balaban J connectivity index is 1.65. The molecule has 0 atom stereocenters. The second kappa shape index (κ2) is 7.02. The number of benzene rings is 1. The van der Waals surface area contributed by atoms with E-state index in [4.69, 9.17) is 9.57 Å². The quantitative estimate of drug-likeness (QED) is 0.735. The molecule has 1 aromatic carbocycles. The summed E-state index contributed by atoms with van der Waals surface area (Å²) >= 11 is 0. The van der Waals surface area contributed by atoms with Crippen molar-refractivity contribution in [3.05, 3.63) is 35.4 Å². The smallest absolute Gasteiger partial charge is 0.410 e. The van der Waals surface area contributed by atoms with Gasteiger partial charge in [-0.15, -0.1) is 0 Å². The third-order valence-corrected chi connectivity index (χ3v) is 4.10. The van der Waals surface area contributed by atoms with Gasteiger partial charge < -0.3 is 9.57 Å². The number of rotatable bonds is 5. The van der Waals surface area contributed by atoms with E-state index in [0.717, 1.165) is 12.8 Å². The van der Waals surface area contributed by atoms with Crippen molar-refractivity contribution >= 4 is 23.9 Å². The lowest BCUT2D eigenvalue weighted by Crippen LogP contribution is -2.43. The van der Waals surface area contributed by atoms with Crippen molar-refractivity contribution in [2.45, 2.75) is 39.2 Å². The van der Waals surface area contributed by atoms with Gasteiger partial charge in [0.1, 0.15) is 12.1 Å². The maximum absolute atomic E-state index is 12.4. The number of nitrogens with zero attached hydrogens (tertiary/aromatic N) is 2. The molecule has 2 aliphatic rings. The Labute approximate surface area is 157 Å². The van der Waals surface area contributed by atoms with Crippen molar-refractivity contribution in [1.29, 1.82) is 0 Å². The number of fused-ring (bicyclic) bond motifs is 1. The van der Waals surface area contributed by atoms with Gasteiger partial charge in [-0.1, -0.05) is 17.2 Å². The second-order valence-electron chi connectivity index (χ2n) is 7.72. The largest absolute Gasteiger partial charge is 0.444 e. The molecule has 1 fully saturated rings. The van der Waals surface area contributed by atoms with Crippen molar-refractivity contribution in [1.82, 2.24) is 9.96 Å². The number of hydrogen-bond acceptors (Lipinski definition) is 6. The van der Waals surface area contributed by atoms with E-state index in [0.29, 0.717) is 17.5 Å². The zero-order valence-corrected chi connectivity index (χ0v) is 15.6. The lowest BCUT2D eigenvalue weighted by Gasteiger charge is -2.27. The number of amides is 3. The van der Waals surface area contributed by atoms with Crippen molar-refractivity contribution in [2.75, 3.05) is 13.1 Å². The van der Waals surface area contributed by atoms with Crippen LogP contribution in [-0.4, -0.2) is 52.5 Å². The average molecular weight is 374 g/mol. The Kier molecular flexibility index (Phi) is 4.91. The SMILES string of the molecule is CC(C)(C)OC(=O)N(CC(=O)ON1C(=O)c2ccccc2C1=O)CC1CC1. The van der Waals surface area contributed by atoms with Crippen molar-refractivity contribution in [2.24, 2.45) is 5.92 Å². The Morgan fingerprint density at radius 1 is 1.11 bits per heavy atom. The lowest BCUT2D eigenvalue weighted by molar-refractivity contribution is -0.169. The highest BCUT2D eigenvalue weighted by atomic mass is 16.7. The third kappa shape index (κ3) is 4.45. The van der Waals surface area contributed by atoms with Gasteiger partial charge in [0.15, 0.2) is 0 Å². The minimum absolute atomic E-state index is 0.178. The molecule has 1 aliphatic carbocycles. The Morgan fingerprint density at radius 3 is 2.15 bits per heavy atom. The number of hydrogen-bond donors (Lipinski definition) is 0. The van der Waals surface area contributed by atoms with E-state index in [1.54, 1.807) is 32.9 Å². The highest BCUT2D eigenvalue weighted by Crippen LogP contribution is 2.30. The summed E-state index contributed by atoms with van der Waals surface area (Å²) in [5.74, 6) is -1.95. The van der Waals surface area contributed by atoms with Gasteiger partial charge in [-0.05, 0) is 51.7 Å². The molecule has 0 saturated heterocycles. The molecule has 1 aromatic rings. The van der Waals surface area contributed by atoms with Crippen LogP contribution in [0.1, 0.15) is 54.3 Å². The zero-order chi connectivity index (χ0) is 19.8. The summed E-state index contributed by atoms with van der Waals surface area (Å²) in [5, 5.41) is 0.442. The topological polar surface area (TPSA) is 93.2 Å². The summed E-state index contributed by atoms with van der Waals surface area (Å²) in [7, 11) is 0. The molecule has 3 rings (SSSR count). The second-order valence-corrected chi connectivity index (χ2v) is 7.72. The molecule has 0 radical (unpaired) electrons. The van der Waals surface area contributed by atoms with Crippen LogP contribution in [0.15, 0.2) is 24.3 Å². The number of carbonyl (C=O) groups excluding carboxylic acids is 4. The van der Waals surface area contributed by atoms with Gasteiger partial charge in [0.25, 0.3) is 11.8 Å². The highest BCUT2D eigenvalue weighted by Gasteiger charge is 2.39. The summed E-state index contributed by atoms with van der Waals surface area (Å²) in [6.07, 6.45) is 1.33. The monoisotopic (exact) mass is 374 g/mol. The van der Waals surface area contributed by atoms with Crippen LogP contribution in [0.25, 0.3) is 0 Å². The van der Waals surface area contributed by atoms with Gasteiger partial charge >= 0.3 is 12.1 Å². The fraction of sp³-hybridized carbons (Fsp3) is 0.474. The lowest BCUT2D eigenvalue weighted by atomic mass is 10.1. The van der Waals surface area contributed by atoms with E-state index in [2.05, 4.69) is 0 Å². The normalized spacial score (nSPS) is 16.2. The van der Waals surface area contributed by atoms with Crippen LogP contribution in [0, 0.1) is 5.92 Å². The Hall–Kier alpha value is -2.90. The molecule has 1 heterocycles. The van der Waals surface area contributed by atoms with Gasteiger partial charge in [0, 0.05) is 6.54 Å². The highest BCUT2D eigenvalue weighted by molar-refractivity contribution is 6.20. The molecule has 8 heteroatoms. The number of hydroxylamine groups is 2. The van der Waals surface area contributed by atoms with Crippen LogP contribution in [0.3, 0.4) is 0 Å². The zero-order valence-electron chi connectivity index (χ0n) is 15.6. The molecule has 144 valence electrons. The fourth-order valence-corrected chi connectivity index (χ4v) is 2.68. The first-order chi connectivity index (χ1) is 12.7. The minimum atomic E-state index is -0.879. The van der Waals surface area contributed by atoms with Crippen LogP contribution >= 0.6 is 0 Å². The third-order valence-electron chi connectivity index (χ3n) is 4.10. The number of imide groups is 1. The molecule has 0 unspecified atom stereocenters. The van der Waals surface area contributed by atoms with E-state index in [-0.39, 0.29) is 11.1 Å². The summed E-state index contributed by atoms with van der Waals surface area (Å²) in [6, 6.07) is 6.22. The van der Waals surface area contributed by atoms with E-state index in [1.165, 1.54) is 17.0 Å². The minimum Gasteiger partial charge on any atom is -0.444 e. The van der Waals surface area contributed by atoms with Crippen LogP contribution in [0.2, 0.25) is 0 Å². The molecule has 0 N–H and O–H groups in total. The average Bonchev–Trinajstić information content (AvgIpc) is 3.37. The standard InChI is InChI=1S/C19H22N2O6/c1-19(2,3)26-18(25)20(10-12-8-9-12)11-15(22)27-21-16(23)13-6-4-5-7-14(13)17(21)24/h4-7,12H,8-11H2,1-3H3. The van der Waals surface area contributed by atoms with Gasteiger partial charge in [0.2, 0.25) is 0 Å². The van der Waals surface area contributed by atoms with Gasteiger partial charge in [-0.2, -0.15) is 0 Å². The van der Waals surface area contributed by atoms with Crippen LogP contribution in [-0.2, 0) is 14.4 Å². The molecule has 0 aromatic heterocycles. The first kappa shape index (κ1) is 18.9. The first-order valence-corrected chi connectivity index (χ1v) is 8.82. The molecule has 8 nitrogen and oxygen atoms in total. The summed E-state index contributed by atoms with van der Waals surface area (Å²) in [6.45, 7) is 5.16. The van der Waals surface area contributed by atoms with E-state index in [1.807, 2.05) is 0 Å². The van der Waals surface area contributed by atoms with Crippen LogP contribution in [0.4, 0.5) is 4.79 Å². The summed E-state index contributed by atoms with van der Waals surface area (Å²) in [4.78, 5) is 55.4. The van der Waals surface area contributed by atoms with E-state index >= 15 is 0 Å². The Morgan fingerprint density at radius 2 is 1.67 bits per heavy atom. The van der Waals surface area contributed by atoms with Crippen molar-refractivity contribution < 1.29 is 28.8 Å². The van der Waals surface area contributed by atoms with Gasteiger partial charge in [-0.3, -0.25) is 14.5 Å². The van der Waals surface area contributed by atoms with E-state index in [9.17, 15) is 19.2 Å². The van der Waals surface area contributed by atoms with Gasteiger partial charge in [0.05, 0.1) is 11.1 Å². The number of carbonyl (C=O) groups is 4. The van der Waals surface area contributed by atoms with Crippen LogP contribution < -0.4 is 0 Å². The predicted octanol–water partition coefficient (Wildman–Crippen LogP) is 2.39. The molecule has 0 spiro atoms. The maximum Gasteiger partial charge on any atom is 0.410 e. The maximum atomic E-state index is 12.4. The summed E-state index contributed by atoms with van der Waals surface area (Å²) in [5.41, 5.74) is -0.347. The molecule has 27 heavy (non-hydrogen) atoms.